The standard InChI is InChI=1S/C22H30N8O3/c1-29(2)10-11-33-14-8-6-13(7-9-14)21(32)26-15-4-3-5-16(18(15)31)30-12-25-17-19(23)27-22(24)28-20(17)30/h6-9,12,15-16,18,31H,3-5,10-11H2,1-2H3,(H,26,32)(H4,23,24,27,28)/t15-,16-,18-/m1/s1. The average Bonchev–Trinajstić information content (AvgIpc) is 3.19. The van der Waals surface area contributed by atoms with E-state index in [1.807, 2.05) is 19.0 Å². The Balaban J connectivity index is 1.43. The molecule has 11 nitrogen and oxygen atoms in total. The van der Waals surface area contributed by atoms with Gasteiger partial charge in [-0.15, -0.1) is 0 Å². The number of rotatable bonds is 7. The molecule has 1 aromatic carbocycles. The van der Waals surface area contributed by atoms with Crippen LogP contribution in [-0.2, 0) is 0 Å². The summed E-state index contributed by atoms with van der Waals surface area (Å²) in [5.74, 6) is 0.705. The van der Waals surface area contributed by atoms with Gasteiger partial charge in [0.15, 0.2) is 11.5 Å². The zero-order valence-electron chi connectivity index (χ0n) is 18.8. The number of nitrogens with one attached hydrogen (secondary N) is 1. The molecule has 0 unspecified atom stereocenters. The van der Waals surface area contributed by atoms with Gasteiger partial charge in [-0.1, -0.05) is 0 Å². The van der Waals surface area contributed by atoms with Crippen LogP contribution in [0.2, 0.25) is 0 Å². The maximum Gasteiger partial charge on any atom is 0.251 e. The fraction of sp³-hybridized carbons (Fsp3) is 0.455. The number of nitrogens with zero attached hydrogens (tertiary/aromatic N) is 5. The first kappa shape index (κ1) is 22.7. The number of fused-ring (bicyclic) bond motifs is 1. The second-order valence-electron chi connectivity index (χ2n) is 8.54. The highest BCUT2D eigenvalue weighted by atomic mass is 16.5. The monoisotopic (exact) mass is 454 g/mol. The van der Waals surface area contributed by atoms with Gasteiger partial charge >= 0.3 is 0 Å². The lowest BCUT2D eigenvalue weighted by atomic mass is 9.87. The summed E-state index contributed by atoms with van der Waals surface area (Å²) in [5.41, 5.74) is 13.1. The number of aromatic nitrogens is 4. The van der Waals surface area contributed by atoms with Crippen LogP contribution in [0.1, 0.15) is 35.7 Å². The third-order valence-corrected chi connectivity index (χ3v) is 5.88. The van der Waals surface area contributed by atoms with Crippen molar-refractivity contribution in [3.8, 4) is 5.75 Å². The number of carbonyl (C=O) groups is 1. The van der Waals surface area contributed by atoms with Gasteiger partial charge in [0.25, 0.3) is 5.91 Å². The summed E-state index contributed by atoms with van der Waals surface area (Å²) in [5, 5.41) is 14.1. The van der Waals surface area contributed by atoms with Crippen LogP contribution in [0.3, 0.4) is 0 Å². The van der Waals surface area contributed by atoms with Gasteiger partial charge in [-0.3, -0.25) is 4.79 Å². The molecule has 33 heavy (non-hydrogen) atoms. The van der Waals surface area contributed by atoms with Crippen LogP contribution in [0.25, 0.3) is 11.2 Å². The molecule has 0 spiro atoms. The minimum Gasteiger partial charge on any atom is -0.492 e. The van der Waals surface area contributed by atoms with Crippen molar-refractivity contribution in [2.75, 3.05) is 38.7 Å². The highest BCUT2D eigenvalue weighted by Gasteiger charge is 2.35. The third kappa shape index (κ3) is 4.99. The number of hydrogen-bond acceptors (Lipinski definition) is 9. The van der Waals surface area contributed by atoms with Crippen molar-refractivity contribution in [2.45, 2.75) is 37.5 Å². The number of benzene rings is 1. The molecule has 0 bridgehead atoms. The lowest BCUT2D eigenvalue weighted by Gasteiger charge is -2.36. The van der Waals surface area contributed by atoms with E-state index < -0.39 is 12.1 Å². The summed E-state index contributed by atoms with van der Waals surface area (Å²) in [6.07, 6.45) is 2.96. The van der Waals surface area contributed by atoms with Crippen molar-refractivity contribution in [1.29, 1.82) is 0 Å². The van der Waals surface area contributed by atoms with E-state index in [4.69, 9.17) is 16.2 Å². The molecule has 1 fully saturated rings. The minimum atomic E-state index is -0.828. The van der Waals surface area contributed by atoms with Gasteiger partial charge < -0.3 is 36.1 Å². The fourth-order valence-electron chi connectivity index (χ4n) is 4.12. The molecule has 0 aliphatic heterocycles. The number of aliphatic hydroxyl groups excluding tert-OH is 1. The van der Waals surface area contributed by atoms with E-state index in [9.17, 15) is 9.90 Å². The number of amides is 1. The molecule has 2 heterocycles. The van der Waals surface area contributed by atoms with E-state index in [0.29, 0.717) is 41.9 Å². The Labute approximate surface area is 191 Å². The minimum absolute atomic E-state index is 0.0473. The first-order valence-corrected chi connectivity index (χ1v) is 11.0. The molecule has 0 radical (unpaired) electrons. The van der Waals surface area contributed by atoms with Crippen LogP contribution in [0, 0.1) is 0 Å². The molecule has 11 heteroatoms. The lowest BCUT2D eigenvalue weighted by molar-refractivity contribution is 0.0410. The van der Waals surface area contributed by atoms with Crippen LogP contribution in [-0.4, -0.2) is 74.8 Å². The van der Waals surface area contributed by atoms with Gasteiger partial charge in [0.2, 0.25) is 5.95 Å². The number of nitrogen functional groups attached to an aromatic ring is 2. The highest BCUT2D eigenvalue weighted by Crippen LogP contribution is 2.32. The first-order chi connectivity index (χ1) is 15.8. The Bertz CT molecular complexity index is 1110. The summed E-state index contributed by atoms with van der Waals surface area (Å²) >= 11 is 0. The first-order valence-electron chi connectivity index (χ1n) is 11.0. The number of likely N-dealkylation sites (N-methyl/N-ethyl adjacent to an activating group) is 1. The normalized spacial score (nSPS) is 20.8. The second kappa shape index (κ2) is 9.59. The molecule has 6 N–H and O–H groups in total. The Hall–Kier alpha value is -3.44. The van der Waals surface area contributed by atoms with Gasteiger partial charge in [0.05, 0.1) is 24.5 Å². The van der Waals surface area contributed by atoms with Gasteiger partial charge in [-0.05, 0) is 57.6 Å². The zero-order valence-corrected chi connectivity index (χ0v) is 18.8. The van der Waals surface area contributed by atoms with Crippen molar-refractivity contribution in [1.82, 2.24) is 29.7 Å². The van der Waals surface area contributed by atoms with E-state index in [2.05, 4.69) is 20.3 Å². The van der Waals surface area contributed by atoms with Crippen molar-refractivity contribution >= 4 is 28.8 Å². The van der Waals surface area contributed by atoms with Crippen molar-refractivity contribution in [3.05, 3.63) is 36.2 Å². The van der Waals surface area contributed by atoms with Crippen LogP contribution in [0.5, 0.6) is 5.75 Å². The zero-order chi connectivity index (χ0) is 23.5. The molecule has 1 saturated carbocycles. The predicted molar refractivity (Wildman–Crippen MR) is 125 cm³/mol. The van der Waals surface area contributed by atoms with Crippen LogP contribution in [0.4, 0.5) is 11.8 Å². The van der Waals surface area contributed by atoms with Gasteiger partial charge in [0, 0.05) is 12.1 Å². The number of anilines is 2. The Kier molecular flexibility index (Phi) is 6.61. The number of nitrogens with two attached hydrogens (primary N) is 2. The number of carbonyl (C=O) groups excluding carboxylic acids is 1. The molecule has 4 rings (SSSR count). The summed E-state index contributed by atoms with van der Waals surface area (Å²) < 4.78 is 7.45. The number of hydrogen-bond donors (Lipinski definition) is 4. The maximum absolute atomic E-state index is 12.8. The number of ether oxygens (including phenoxy) is 1. The quantitative estimate of drug-likeness (QED) is 0.405. The molecule has 0 saturated heterocycles. The SMILES string of the molecule is CN(C)CCOc1ccc(C(=O)N[C@@H]2CCC[C@@H](n3cnc4c(N)nc(N)nc43)[C@@H]2O)cc1. The van der Waals surface area contributed by atoms with E-state index in [1.165, 1.54) is 0 Å². The second-order valence-corrected chi connectivity index (χ2v) is 8.54. The summed E-state index contributed by atoms with van der Waals surface area (Å²) in [7, 11) is 3.96. The topological polar surface area (TPSA) is 157 Å². The van der Waals surface area contributed by atoms with E-state index in [-0.39, 0.29) is 23.7 Å². The molecule has 3 atom stereocenters. The average molecular weight is 455 g/mol. The molecule has 1 aliphatic carbocycles. The van der Waals surface area contributed by atoms with Crippen LogP contribution >= 0.6 is 0 Å². The van der Waals surface area contributed by atoms with Crippen molar-refractivity contribution in [2.24, 2.45) is 0 Å². The Morgan fingerprint density at radius 2 is 2.00 bits per heavy atom. The van der Waals surface area contributed by atoms with Crippen molar-refractivity contribution < 1.29 is 14.6 Å². The van der Waals surface area contributed by atoms with Crippen LogP contribution < -0.4 is 21.5 Å². The smallest absolute Gasteiger partial charge is 0.251 e. The molecule has 1 amide bonds. The molecule has 2 aromatic heterocycles. The summed E-state index contributed by atoms with van der Waals surface area (Å²) in [4.78, 5) is 27.3. The van der Waals surface area contributed by atoms with E-state index in [0.717, 1.165) is 13.0 Å². The molecular formula is C22H30N8O3. The Morgan fingerprint density at radius 1 is 1.24 bits per heavy atom. The highest BCUT2D eigenvalue weighted by molar-refractivity contribution is 5.94. The van der Waals surface area contributed by atoms with Crippen LogP contribution in [0.15, 0.2) is 30.6 Å². The fourth-order valence-corrected chi connectivity index (χ4v) is 4.12. The lowest BCUT2D eigenvalue weighted by Crippen LogP contribution is -2.49. The summed E-state index contributed by atoms with van der Waals surface area (Å²) in [6, 6.07) is 6.25. The Morgan fingerprint density at radius 3 is 2.73 bits per heavy atom. The third-order valence-electron chi connectivity index (χ3n) is 5.88. The van der Waals surface area contributed by atoms with E-state index >= 15 is 0 Å². The predicted octanol–water partition coefficient (Wildman–Crippen LogP) is 0.816. The van der Waals surface area contributed by atoms with E-state index in [1.54, 1.807) is 35.2 Å². The maximum atomic E-state index is 12.8. The largest absolute Gasteiger partial charge is 0.492 e. The summed E-state index contributed by atoms with van der Waals surface area (Å²) in [6.45, 7) is 1.37. The molecule has 176 valence electrons. The van der Waals surface area contributed by atoms with Gasteiger partial charge in [0.1, 0.15) is 17.9 Å². The number of imidazole rings is 1. The van der Waals surface area contributed by atoms with Gasteiger partial charge in [-0.2, -0.15) is 9.97 Å². The molecule has 3 aromatic rings. The number of aliphatic hydroxyl groups is 1. The molecular weight excluding hydrogens is 424 g/mol. The molecule has 1 aliphatic rings. The van der Waals surface area contributed by atoms with Gasteiger partial charge in [-0.25, -0.2) is 4.98 Å². The van der Waals surface area contributed by atoms with Crippen molar-refractivity contribution in [3.63, 3.8) is 0 Å².